The van der Waals surface area contributed by atoms with Gasteiger partial charge in [0, 0.05) is 36.7 Å². The van der Waals surface area contributed by atoms with Gasteiger partial charge < -0.3 is 29.0 Å². The van der Waals surface area contributed by atoms with Crippen LogP contribution in [0.4, 0.5) is 0 Å². The van der Waals surface area contributed by atoms with Gasteiger partial charge in [-0.05, 0) is 84.0 Å². The van der Waals surface area contributed by atoms with E-state index in [9.17, 15) is 5.11 Å². The summed E-state index contributed by atoms with van der Waals surface area (Å²) < 4.78 is 25.7. The second kappa shape index (κ2) is 7.59. The third-order valence-electron chi connectivity index (χ3n) is 8.47. The lowest BCUT2D eigenvalue weighted by atomic mass is 9.47. The monoisotopic (exact) mass is 445 g/mol. The second-order valence-corrected chi connectivity index (χ2v) is 10.9. The molecule has 2 fully saturated rings. The number of piperidine rings is 1. The third-order valence-corrected chi connectivity index (χ3v) is 8.47. The third kappa shape index (κ3) is 2.99. The van der Waals surface area contributed by atoms with Crippen LogP contribution in [0.1, 0.15) is 58.1 Å². The van der Waals surface area contributed by atoms with Gasteiger partial charge in [0.2, 0.25) is 5.79 Å². The molecule has 0 radical (unpaired) electrons. The van der Waals surface area contributed by atoms with Crippen LogP contribution in [0.2, 0.25) is 0 Å². The Morgan fingerprint density at radius 1 is 1.22 bits per heavy atom. The van der Waals surface area contributed by atoms with E-state index in [1.54, 1.807) is 7.11 Å². The first-order valence-electron chi connectivity index (χ1n) is 12.3. The maximum Gasteiger partial charge on any atom is 0.207 e. The average molecular weight is 446 g/mol. The molecule has 1 aromatic carbocycles. The first kappa shape index (κ1) is 22.5. The van der Waals surface area contributed by atoms with E-state index in [0.29, 0.717) is 31.6 Å². The number of rotatable bonds is 7. The molecule has 0 amide bonds. The van der Waals surface area contributed by atoms with E-state index < -0.39 is 11.4 Å². The fourth-order valence-electron chi connectivity index (χ4n) is 7.79. The quantitative estimate of drug-likeness (QED) is 0.648. The minimum atomic E-state index is -0.838. The van der Waals surface area contributed by atoms with Crippen molar-refractivity contribution in [1.82, 2.24) is 4.90 Å². The van der Waals surface area contributed by atoms with Crippen molar-refractivity contribution in [1.29, 1.82) is 0 Å². The first-order valence-corrected chi connectivity index (χ1v) is 12.3. The summed E-state index contributed by atoms with van der Waals surface area (Å²) in [6.45, 7) is 10.0. The van der Waals surface area contributed by atoms with Crippen molar-refractivity contribution in [3.63, 3.8) is 0 Å². The highest BCUT2D eigenvalue weighted by molar-refractivity contribution is 5.61. The zero-order valence-corrected chi connectivity index (χ0v) is 20.4. The summed E-state index contributed by atoms with van der Waals surface area (Å²) in [7, 11) is 3.97. The van der Waals surface area contributed by atoms with Crippen LogP contribution in [-0.2, 0) is 21.3 Å². The van der Waals surface area contributed by atoms with Crippen molar-refractivity contribution in [2.75, 3.05) is 33.9 Å². The Morgan fingerprint density at radius 3 is 2.56 bits per heavy atom. The molecule has 32 heavy (non-hydrogen) atoms. The summed E-state index contributed by atoms with van der Waals surface area (Å²) in [5.74, 6) is 1.47. The number of nitrogens with zero attached hydrogens (tertiary/aromatic N) is 1. The van der Waals surface area contributed by atoms with Crippen LogP contribution in [0.25, 0.3) is 0 Å². The van der Waals surface area contributed by atoms with Gasteiger partial charge in [0.05, 0.1) is 12.7 Å². The highest BCUT2D eigenvalue weighted by Crippen LogP contribution is 2.68. The largest absolute Gasteiger partial charge is 0.493 e. The van der Waals surface area contributed by atoms with E-state index >= 15 is 0 Å². The number of hydrogen-bond donors (Lipinski definition) is 1. The van der Waals surface area contributed by atoms with E-state index in [1.165, 1.54) is 11.1 Å². The number of hydrogen-bond acceptors (Lipinski definition) is 6. The number of likely N-dealkylation sites (N-methyl/N-ethyl adjacent to an activating group) is 1. The van der Waals surface area contributed by atoms with Gasteiger partial charge in [-0.15, -0.1) is 0 Å². The number of ether oxygens (including phenoxy) is 4. The van der Waals surface area contributed by atoms with Crippen molar-refractivity contribution in [3.05, 3.63) is 23.3 Å². The Bertz CT molecular complexity index is 874. The summed E-state index contributed by atoms with van der Waals surface area (Å²) >= 11 is 0. The summed E-state index contributed by atoms with van der Waals surface area (Å²) in [5, 5.41) is 10.9. The highest BCUT2D eigenvalue weighted by Gasteiger charge is 2.73. The summed E-state index contributed by atoms with van der Waals surface area (Å²) in [6, 6.07) is 4.70. The molecule has 2 bridgehead atoms. The van der Waals surface area contributed by atoms with E-state index in [1.807, 2.05) is 27.7 Å². The van der Waals surface area contributed by atoms with E-state index in [0.717, 1.165) is 37.3 Å². The van der Waals surface area contributed by atoms with Gasteiger partial charge in [-0.3, -0.25) is 0 Å². The van der Waals surface area contributed by atoms with Gasteiger partial charge in [0.25, 0.3) is 0 Å². The second-order valence-electron chi connectivity index (χ2n) is 10.9. The molecule has 3 unspecified atom stereocenters. The number of likely N-dealkylation sites (tertiary alicyclic amines) is 1. The lowest BCUT2D eigenvalue weighted by Gasteiger charge is -2.64. The van der Waals surface area contributed by atoms with Crippen molar-refractivity contribution in [2.45, 2.75) is 82.3 Å². The molecule has 0 aromatic heterocycles. The zero-order chi connectivity index (χ0) is 22.9. The summed E-state index contributed by atoms with van der Waals surface area (Å²) in [4.78, 5) is 2.53. The van der Waals surface area contributed by atoms with Gasteiger partial charge in [-0.2, -0.15) is 0 Å². The smallest absolute Gasteiger partial charge is 0.207 e. The minimum Gasteiger partial charge on any atom is -0.493 e. The van der Waals surface area contributed by atoms with Crippen molar-refractivity contribution >= 4 is 0 Å². The molecule has 5 atom stereocenters. The predicted molar refractivity (Wildman–Crippen MR) is 122 cm³/mol. The molecule has 1 saturated carbocycles. The molecule has 6 heteroatoms. The topological polar surface area (TPSA) is 60.4 Å². The molecule has 1 spiro atoms. The van der Waals surface area contributed by atoms with Crippen molar-refractivity contribution in [2.24, 2.45) is 11.8 Å². The van der Waals surface area contributed by atoms with E-state index in [2.05, 4.69) is 24.1 Å². The molecule has 5 rings (SSSR count). The molecule has 1 saturated heterocycles. The molecule has 6 nitrogen and oxygen atoms in total. The van der Waals surface area contributed by atoms with Crippen LogP contribution in [0, 0.1) is 11.8 Å². The summed E-state index contributed by atoms with van der Waals surface area (Å²) in [6.07, 6.45) is 3.22. The molecule has 2 aliphatic heterocycles. The Hall–Kier alpha value is -1.34. The maximum atomic E-state index is 10.9. The van der Waals surface area contributed by atoms with E-state index in [4.69, 9.17) is 18.9 Å². The molecule has 2 heterocycles. The number of benzene rings is 1. The van der Waals surface area contributed by atoms with Crippen molar-refractivity contribution in [3.8, 4) is 11.5 Å². The van der Waals surface area contributed by atoms with Gasteiger partial charge in [-0.25, -0.2) is 0 Å². The highest BCUT2D eigenvalue weighted by atomic mass is 16.7. The van der Waals surface area contributed by atoms with Crippen molar-refractivity contribution < 1.29 is 24.1 Å². The molecule has 1 aromatic rings. The first-order chi connectivity index (χ1) is 15.2. The zero-order valence-electron chi connectivity index (χ0n) is 20.4. The van der Waals surface area contributed by atoms with Crippen LogP contribution >= 0.6 is 0 Å². The molecule has 1 N–H and O–H groups in total. The van der Waals surface area contributed by atoms with Crippen LogP contribution in [0.3, 0.4) is 0 Å². The van der Waals surface area contributed by atoms with Gasteiger partial charge in [0.15, 0.2) is 17.6 Å². The molecule has 4 aliphatic rings. The fraction of sp³-hybridized carbons (Fsp3) is 0.769. The minimum absolute atomic E-state index is 0.201. The Morgan fingerprint density at radius 2 is 1.94 bits per heavy atom. The van der Waals surface area contributed by atoms with Gasteiger partial charge in [0.1, 0.15) is 0 Å². The lowest BCUT2D eigenvalue weighted by molar-refractivity contribution is -0.321. The predicted octanol–water partition coefficient (Wildman–Crippen LogP) is 3.52. The Kier molecular flexibility index (Phi) is 5.32. The molecular formula is C26H39NO5. The van der Waals surface area contributed by atoms with Gasteiger partial charge >= 0.3 is 0 Å². The maximum absolute atomic E-state index is 10.9. The normalized spacial score (nSPS) is 34.7. The fourth-order valence-corrected chi connectivity index (χ4v) is 7.79. The van der Waals surface area contributed by atoms with Crippen LogP contribution in [-0.4, -0.2) is 67.5 Å². The molecular weight excluding hydrogens is 406 g/mol. The SMILES string of the molecule is CCOC1(OCC)C[C@H](CC(C)(C)O)C2C3Cc4ccc(OC)c5c4C2(CCN3C)[C@H]1O5. The van der Waals surface area contributed by atoms with Crippen LogP contribution in [0.5, 0.6) is 11.5 Å². The summed E-state index contributed by atoms with van der Waals surface area (Å²) in [5.41, 5.74) is 1.72. The lowest BCUT2D eigenvalue weighted by Crippen LogP contribution is -2.73. The standard InChI is InChI=1S/C26H39NO5/c1-7-30-26(31-8-2)15-17(14-24(3,4)28)20-18-13-16-9-10-19(29-6)22-21(16)25(20,23(26)32-22)11-12-27(18)5/h9-10,17-18,20,23,28H,7-8,11-15H2,1-6H3/t17-,18?,20?,23+,25?/m0/s1. The number of methoxy groups -OCH3 is 1. The molecule has 2 aliphatic carbocycles. The molecule has 178 valence electrons. The van der Waals surface area contributed by atoms with Crippen LogP contribution < -0.4 is 9.47 Å². The van der Waals surface area contributed by atoms with E-state index in [-0.39, 0.29) is 17.4 Å². The van der Waals surface area contributed by atoms with Crippen LogP contribution in [0.15, 0.2) is 12.1 Å². The van der Waals surface area contributed by atoms with Gasteiger partial charge in [-0.1, -0.05) is 6.07 Å². The number of aliphatic hydroxyl groups is 1. The average Bonchev–Trinajstić information content (AvgIpc) is 3.07. The Balaban J connectivity index is 1.76. The Labute approximate surface area is 192 Å².